The molecule has 1 aromatic heterocycles. The van der Waals surface area contributed by atoms with Crippen molar-refractivity contribution in [1.82, 2.24) is 4.98 Å². The quantitative estimate of drug-likeness (QED) is 0.739. The summed E-state index contributed by atoms with van der Waals surface area (Å²) in [6.07, 6.45) is 3.36. The van der Waals surface area contributed by atoms with Gasteiger partial charge in [-0.15, -0.1) is 0 Å². The van der Waals surface area contributed by atoms with Crippen LogP contribution in [0.2, 0.25) is 0 Å². The number of hydrogen-bond donors (Lipinski definition) is 1. The number of aromatic nitrogens is 1. The van der Waals surface area contributed by atoms with Gasteiger partial charge in [0.1, 0.15) is 5.82 Å². The van der Waals surface area contributed by atoms with Crippen LogP contribution in [0.25, 0.3) is 10.9 Å². The summed E-state index contributed by atoms with van der Waals surface area (Å²) in [5.41, 5.74) is 3.63. The zero-order chi connectivity index (χ0) is 9.71. The second-order valence-corrected chi connectivity index (χ2v) is 4.60. The number of rotatable bonds is 0. The van der Waals surface area contributed by atoms with Crippen molar-refractivity contribution < 1.29 is 4.39 Å². The van der Waals surface area contributed by atoms with Gasteiger partial charge in [-0.2, -0.15) is 0 Å². The minimum Gasteiger partial charge on any atom is -0.357 e. The number of H-pyrrole nitrogens is 1. The Kier molecular flexibility index (Phi) is 1.71. The van der Waals surface area contributed by atoms with E-state index in [1.165, 1.54) is 23.7 Å². The van der Waals surface area contributed by atoms with E-state index in [9.17, 15) is 4.39 Å². The molecule has 0 saturated heterocycles. The van der Waals surface area contributed by atoms with Crippen molar-refractivity contribution in [1.29, 1.82) is 0 Å². The number of nitrogens with one attached hydrogen (secondary N) is 1. The van der Waals surface area contributed by atoms with Crippen molar-refractivity contribution in [2.75, 3.05) is 0 Å². The molecular formula is C11H9BrFN. The molecular weight excluding hydrogens is 245 g/mol. The summed E-state index contributed by atoms with van der Waals surface area (Å²) in [6.45, 7) is 0. The standard InChI is InChI=1S/C11H9BrFN/c12-9-5-6(13)4-8-7-2-1-3-10(7)14-11(8)9/h4-5,14H,1-3H2. The van der Waals surface area contributed by atoms with Gasteiger partial charge in [-0.25, -0.2) is 4.39 Å². The van der Waals surface area contributed by atoms with Gasteiger partial charge in [0.15, 0.2) is 0 Å². The average Bonchev–Trinajstić information content (AvgIpc) is 2.65. The molecule has 1 nitrogen and oxygen atoms in total. The van der Waals surface area contributed by atoms with Gasteiger partial charge < -0.3 is 4.98 Å². The van der Waals surface area contributed by atoms with Crippen LogP contribution in [0.15, 0.2) is 16.6 Å². The van der Waals surface area contributed by atoms with Gasteiger partial charge in [0, 0.05) is 15.6 Å². The molecule has 0 spiro atoms. The molecule has 1 heterocycles. The van der Waals surface area contributed by atoms with Crippen molar-refractivity contribution in [3.63, 3.8) is 0 Å². The molecule has 0 unspecified atom stereocenters. The third kappa shape index (κ3) is 1.05. The molecule has 1 N–H and O–H groups in total. The Labute approximate surface area is 89.4 Å². The predicted molar refractivity (Wildman–Crippen MR) is 58.0 cm³/mol. The summed E-state index contributed by atoms with van der Waals surface area (Å²) in [7, 11) is 0. The Hall–Kier alpha value is -0.830. The first kappa shape index (κ1) is 8.48. The van der Waals surface area contributed by atoms with E-state index in [-0.39, 0.29) is 5.82 Å². The third-order valence-electron chi connectivity index (χ3n) is 2.87. The first-order valence-electron chi connectivity index (χ1n) is 4.74. The molecule has 0 fully saturated rings. The molecule has 3 heteroatoms. The van der Waals surface area contributed by atoms with E-state index in [0.29, 0.717) is 0 Å². The lowest BCUT2D eigenvalue weighted by atomic mass is 10.1. The zero-order valence-electron chi connectivity index (χ0n) is 7.53. The Balaban J connectivity index is 2.43. The zero-order valence-corrected chi connectivity index (χ0v) is 9.12. The number of benzene rings is 1. The van der Waals surface area contributed by atoms with Crippen LogP contribution in [-0.4, -0.2) is 4.98 Å². The first-order chi connectivity index (χ1) is 6.75. The summed E-state index contributed by atoms with van der Waals surface area (Å²) >= 11 is 3.38. The monoisotopic (exact) mass is 253 g/mol. The van der Waals surface area contributed by atoms with Crippen LogP contribution in [0.3, 0.4) is 0 Å². The maximum Gasteiger partial charge on any atom is 0.125 e. The van der Waals surface area contributed by atoms with Crippen LogP contribution < -0.4 is 0 Å². The number of halogens is 2. The number of hydrogen-bond acceptors (Lipinski definition) is 0. The molecule has 0 atom stereocenters. The van der Waals surface area contributed by atoms with Crippen LogP contribution in [0, 0.1) is 5.82 Å². The van der Waals surface area contributed by atoms with E-state index >= 15 is 0 Å². The highest BCUT2D eigenvalue weighted by Gasteiger charge is 2.18. The fraction of sp³-hybridized carbons (Fsp3) is 0.273. The predicted octanol–water partition coefficient (Wildman–Crippen LogP) is 3.56. The molecule has 1 aliphatic rings. The molecule has 2 aromatic rings. The van der Waals surface area contributed by atoms with Crippen molar-refractivity contribution in [2.24, 2.45) is 0 Å². The lowest BCUT2D eigenvalue weighted by Gasteiger charge is -1.97. The van der Waals surface area contributed by atoms with Gasteiger partial charge in [0.2, 0.25) is 0 Å². The number of aryl methyl sites for hydroxylation is 2. The number of fused-ring (bicyclic) bond motifs is 3. The Morgan fingerprint density at radius 1 is 1.29 bits per heavy atom. The maximum atomic E-state index is 13.2. The van der Waals surface area contributed by atoms with Crippen LogP contribution in [0.4, 0.5) is 4.39 Å². The van der Waals surface area contributed by atoms with E-state index in [0.717, 1.165) is 28.2 Å². The van der Waals surface area contributed by atoms with Gasteiger partial charge in [0.25, 0.3) is 0 Å². The topological polar surface area (TPSA) is 15.8 Å². The SMILES string of the molecule is Fc1cc(Br)c2[nH]c3c(c2c1)CCC3. The molecule has 0 radical (unpaired) electrons. The van der Waals surface area contributed by atoms with E-state index in [4.69, 9.17) is 0 Å². The van der Waals surface area contributed by atoms with E-state index < -0.39 is 0 Å². The highest BCUT2D eigenvalue weighted by molar-refractivity contribution is 9.10. The fourth-order valence-electron chi connectivity index (χ4n) is 2.27. The van der Waals surface area contributed by atoms with Crippen molar-refractivity contribution in [3.05, 3.63) is 33.7 Å². The lowest BCUT2D eigenvalue weighted by molar-refractivity contribution is 0.629. The highest BCUT2D eigenvalue weighted by atomic mass is 79.9. The van der Waals surface area contributed by atoms with E-state index in [2.05, 4.69) is 20.9 Å². The van der Waals surface area contributed by atoms with Gasteiger partial charge in [-0.1, -0.05) is 0 Å². The minimum atomic E-state index is -0.168. The Morgan fingerprint density at radius 3 is 3.00 bits per heavy atom. The lowest BCUT2D eigenvalue weighted by Crippen LogP contribution is -1.80. The fourth-order valence-corrected chi connectivity index (χ4v) is 2.80. The van der Waals surface area contributed by atoms with Crippen molar-refractivity contribution in [2.45, 2.75) is 19.3 Å². The largest absolute Gasteiger partial charge is 0.357 e. The van der Waals surface area contributed by atoms with Crippen LogP contribution in [0.5, 0.6) is 0 Å². The second kappa shape index (κ2) is 2.83. The highest BCUT2D eigenvalue weighted by Crippen LogP contribution is 2.34. The minimum absolute atomic E-state index is 0.168. The third-order valence-corrected chi connectivity index (χ3v) is 3.50. The van der Waals surface area contributed by atoms with Gasteiger partial charge >= 0.3 is 0 Å². The van der Waals surface area contributed by atoms with Crippen molar-refractivity contribution >= 4 is 26.8 Å². The molecule has 3 rings (SSSR count). The summed E-state index contributed by atoms with van der Waals surface area (Å²) in [5, 5.41) is 1.05. The summed E-state index contributed by atoms with van der Waals surface area (Å²) in [6, 6.07) is 3.13. The summed E-state index contributed by atoms with van der Waals surface area (Å²) in [4.78, 5) is 3.36. The van der Waals surface area contributed by atoms with Gasteiger partial charge in [-0.05, 0) is 52.9 Å². The molecule has 0 saturated carbocycles. The Morgan fingerprint density at radius 2 is 2.14 bits per heavy atom. The van der Waals surface area contributed by atoms with Crippen LogP contribution in [-0.2, 0) is 12.8 Å². The smallest absolute Gasteiger partial charge is 0.125 e. The van der Waals surface area contributed by atoms with Crippen LogP contribution in [0.1, 0.15) is 17.7 Å². The molecule has 14 heavy (non-hydrogen) atoms. The van der Waals surface area contributed by atoms with Gasteiger partial charge in [-0.3, -0.25) is 0 Å². The summed E-state index contributed by atoms with van der Waals surface area (Å²) in [5.74, 6) is -0.168. The Bertz CT molecular complexity index is 515. The molecule has 0 amide bonds. The van der Waals surface area contributed by atoms with Gasteiger partial charge in [0.05, 0.1) is 5.52 Å². The molecule has 1 aliphatic carbocycles. The first-order valence-corrected chi connectivity index (χ1v) is 5.53. The van der Waals surface area contributed by atoms with Crippen LogP contribution >= 0.6 is 15.9 Å². The maximum absolute atomic E-state index is 13.2. The van der Waals surface area contributed by atoms with E-state index in [1.807, 2.05) is 0 Å². The molecule has 72 valence electrons. The van der Waals surface area contributed by atoms with E-state index in [1.54, 1.807) is 6.07 Å². The molecule has 0 bridgehead atoms. The van der Waals surface area contributed by atoms with Crippen molar-refractivity contribution in [3.8, 4) is 0 Å². The average molecular weight is 254 g/mol. The molecule has 1 aromatic carbocycles. The normalized spacial score (nSPS) is 15.0. The summed E-state index contributed by atoms with van der Waals surface area (Å²) < 4.78 is 14.0. The number of aromatic amines is 1. The molecule has 0 aliphatic heterocycles. The second-order valence-electron chi connectivity index (χ2n) is 3.75.